The Kier molecular flexibility index (Phi) is 5.10. The Bertz CT molecular complexity index is 416. The minimum atomic E-state index is -3.50. The van der Waals surface area contributed by atoms with E-state index >= 15 is 0 Å². The van der Waals surface area contributed by atoms with Gasteiger partial charge in [0.1, 0.15) is 0 Å². The number of piperidine rings is 1. The fourth-order valence-electron chi connectivity index (χ4n) is 3.37. The van der Waals surface area contributed by atoms with Crippen LogP contribution < -0.4 is 4.72 Å². The number of rotatable bonds is 4. The number of aliphatic hydroxyl groups excluding tert-OH is 1. The molecule has 5 nitrogen and oxygen atoms in total. The predicted molar refractivity (Wildman–Crippen MR) is 79.5 cm³/mol. The van der Waals surface area contributed by atoms with Gasteiger partial charge in [0.05, 0.1) is 12.1 Å². The van der Waals surface area contributed by atoms with Gasteiger partial charge in [0, 0.05) is 12.6 Å². The topological polar surface area (TPSA) is 69.6 Å². The molecule has 0 radical (unpaired) electrons. The smallest absolute Gasteiger partial charge is 0.280 e. The highest BCUT2D eigenvalue weighted by molar-refractivity contribution is 7.87. The quantitative estimate of drug-likeness (QED) is 0.829. The maximum Gasteiger partial charge on any atom is 0.280 e. The molecule has 1 aliphatic heterocycles. The summed E-state index contributed by atoms with van der Waals surface area (Å²) in [7, 11) is -3.50. The van der Waals surface area contributed by atoms with Crippen LogP contribution in [0.2, 0.25) is 0 Å². The fourth-order valence-corrected chi connectivity index (χ4v) is 5.25. The second-order valence-electron chi connectivity index (χ2n) is 6.68. The van der Waals surface area contributed by atoms with Crippen LogP contribution in [0.25, 0.3) is 0 Å². The summed E-state index contributed by atoms with van der Waals surface area (Å²) in [5.41, 5.74) is -0.650. The molecule has 0 amide bonds. The van der Waals surface area contributed by atoms with Crippen molar-refractivity contribution in [1.29, 1.82) is 0 Å². The van der Waals surface area contributed by atoms with Crippen LogP contribution in [0, 0.1) is 5.92 Å². The number of hydrogen-bond donors (Lipinski definition) is 2. The summed E-state index contributed by atoms with van der Waals surface area (Å²) in [5.74, 6) is 0.619. The second kappa shape index (κ2) is 6.30. The molecule has 1 aliphatic carbocycles. The summed E-state index contributed by atoms with van der Waals surface area (Å²) in [4.78, 5) is 0. The molecule has 2 N–H and O–H groups in total. The van der Waals surface area contributed by atoms with E-state index in [-0.39, 0.29) is 12.6 Å². The van der Waals surface area contributed by atoms with Crippen LogP contribution in [-0.2, 0) is 10.2 Å². The third kappa shape index (κ3) is 3.53. The summed E-state index contributed by atoms with van der Waals surface area (Å²) in [6, 6.07) is 0.0551. The molecule has 0 bridgehead atoms. The molecule has 20 heavy (non-hydrogen) atoms. The molecule has 1 saturated heterocycles. The first-order chi connectivity index (χ1) is 9.38. The molecule has 2 rings (SSSR count). The van der Waals surface area contributed by atoms with E-state index in [0.29, 0.717) is 12.5 Å². The third-order valence-electron chi connectivity index (χ3n) is 4.93. The highest BCUT2D eigenvalue weighted by Crippen LogP contribution is 2.33. The summed E-state index contributed by atoms with van der Waals surface area (Å²) < 4.78 is 29.6. The largest absolute Gasteiger partial charge is 0.394 e. The van der Waals surface area contributed by atoms with Crippen LogP contribution in [0.3, 0.4) is 0 Å². The van der Waals surface area contributed by atoms with Crippen molar-refractivity contribution in [3.05, 3.63) is 0 Å². The van der Waals surface area contributed by atoms with Gasteiger partial charge in [0.15, 0.2) is 0 Å². The summed E-state index contributed by atoms with van der Waals surface area (Å²) in [6.07, 6.45) is 6.34. The zero-order valence-corrected chi connectivity index (χ0v) is 13.5. The summed E-state index contributed by atoms with van der Waals surface area (Å²) >= 11 is 0. The molecule has 1 unspecified atom stereocenters. The summed E-state index contributed by atoms with van der Waals surface area (Å²) in [6.45, 7) is 4.63. The minimum absolute atomic E-state index is 0.0551. The van der Waals surface area contributed by atoms with Gasteiger partial charge in [0.25, 0.3) is 10.2 Å². The minimum Gasteiger partial charge on any atom is -0.394 e. The average Bonchev–Trinajstić information content (AvgIpc) is 2.42. The zero-order chi connectivity index (χ0) is 14.8. The number of aliphatic hydroxyl groups is 1. The van der Waals surface area contributed by atoms with Crippen LogP contribution in [0.4, 0.5) is 0 Å². The lowest BCUT2D eigenvalue weighted by Gasteiger charge is -2.41. The van der Waals surface area contributed by atoms with Crippen molar-refractivity contribution < 1.29 is 13.5 Å². The lowest BCUT2D eigenvalue weighted by Crippen LogP contribution is -2.58. The van der Waals surface area contributed by atoms with Crippen molar-refractivity contribution in [1.82, 2.24) is 9.03 Å². The Hall–Kier alpha value is -0.170. The first-order valence-electron chi connectivity index (χ1n) is 7.80. The van der Waals surface area contributed by atoms with Crippen molar-refractivity contribution in [3.8, 4) is 0 Å². The van der Waals surface area contributed by atoms with E-state index in [9.17, 15) is 13.5 Å². The Balaban J connectivity index is 2.09. The Morgan fingerprint density at radius 3 is 2.40 bits per heavy atom. The molecule has 118 valence electrons. The molecule has 2 aliphatic rings. The third-order valence-corrected chi connectivity index (χ3v) is 6.78. The summed E-state index contributed by atoms with van der Waals surface area (Å²) in [5, 5.41) is 9.71. The Morgan fingerprint density at radius 1 is 1.20 bits per heavy atom. The molecular weight excluding hydrogens is 276 g/mol. The molecule has 1 atom stereocenters. The number of nitrogens with zero attached hydrogens (tertiary/aromatic N) is 1. The van der Waals surface area contributed by atoms with E-state index in [1.54, 1.807) is 4.31 Å². The van der Waals surface area contributed by atoms with Crippen molar-refractivity contribution in [2.75, 3.05) is 13.2 Å². The standard InChI is InChI=1S/C14H28N2O3S/c1-12-6-8-14(11-17,9-7-12)15-20(18,19)16-10-4-3-5-13(16)2/h12-13,15,17H,3-11H2,1-2H3. The molecule has 0 spiro atoms. The van der Waals surface area contributed by atoms with Crippen LogP contribution in [-0.4, -0.2) is 42.6 Å². The highest BCUT2D eigenvalue weighted by Gasteiger charge is 2.40. The number of nitrogens with one attached hydrogen (secondary N) is 1. The molecule has 1 heterocycles. The molecule has 0 aromatic rings. The van der Waals surface area contributed by atoms with Crippen LogP contribution >= 0.6 is 0 Å². The van der Waals surface area contributed by atoms with Crippen LogP contribution in [0.15, 0.2) is 0 Å². The molecular formula is C14H28N2O3S. The highest BCUT2D eigenvalue weighted by atomic mass is 32.2. The van der Waals surface area contributed by atoms with Gasteiger partial charge < -0.3 is 5.11 Å². The molecule has 2 fully saturated rings. The van der Waals surface area contributed by atoms with E-state index in [2.05, 4.69) is 11.6 Å². The van der Waals surface area contributed by atoms with Gasteiger partial charge in [-0.25, -0.2) is 0 Å². The first kappa shape index (κ1) is 16.2. The van der Waals surface area contributed by atoms with Crippen LogP contribution in [0.5, 0.6) is 0 Å². The SMILES string of the molecule is CC1CCC(CO)(NS(=O)(=O)N2CCCCC2C)CC1. The Morgan fingerprint density at radius 2 is 1.85 bits per heavy atom. The van der Waals surface area contributed by atoms with E-state index < -0.39 is 15.7 Å². The van der Waals surface area contributed by atoms with Crippen molar-refractivity contribution >= 4 is 10.2 Å². The maximum atomic E-state index is 12.6. The van der Waals surface area contributed by atoms with Gasteiger partial charge in [-0.15, -0.1) is 0 Å². The lowest BCUT2D eigenvalue weighted by atomic mass is 9.78. The van der Waals surface area contributed by atoms with E-state index in [0.717, 1.165) is 44.9 Å². The van der Waals surface area contributed by atoms with Gasteiger partial charge >= 0.3 is 0 Å². The van der Waals surface area contributed by atoms with Gasteiger partial charge in [-0.3, -0.25) is 0 Å². The van der Waals surface area contributed by atoms with Gasteiger partial charge in [-0.1, -0.05) is 13.3 Å². The first-order valence-corrected chi connectivity index (χ1v) is 9.24. The van der Waals surface area contributed by atoms with Crippen LogP contribution in [0.1, 0.15) is 58.8 Å². The molecule has 0 aromatic heterocycles. The fraction of sp³-hybridized carbons (Fsp3) is 1.00. The molecule has 6 heteroatoms. The molecule has 0 aromatic carbocycles. The average molecular weight is 304 g/mol. The predicted octanol–water partition coefficient (Wildman–Crippen LogP) is 1.64. The maximum absolute atomic E-state index is 12.6. The van der Waals surface area contributed by atoms with Crippen molar-refractivity contribution in [3.63, 3.8) is 0 Å². The normalized spacial score (nSPS) is 37.0. The number of hydrogen-bond acceptors (Lipinski definition) is 3. The Labute approximate surface area is 122 Å². The molecule has 1 saturated carbocycles. The van der Waals surface area contributed by atoms with Gasteiger partial charge in [-0.05, 0) is 51.4 Å². The second-order valence-corrected chi connectivity index (χ2v) is 8.31. The van der Waals surface area contributed by atoms with E-state index in [1.807, 2.05) is 6.92 Å². The van der Waals surface area contributed by atoms with E-state index in [1.165, 1.54) is 0 Å². The van der Waals surface area contributed by atoms with Gasteiger partial charge in [-0.2, -0.15) is 17.4 Å². The van der Waals surface area contributed by atoms with E-state index in [4.69, 9.17) is 0 Å². The van der Waals surface area contributed by atoms with Gasteiger partial charge in [0.2, 0.25) is 0 Å². The monoisotopic (exact) mass is 304 g/mol. The van der Waals surface area contributed by atoms with Crippen molar-refractivity contribution in [2.45, 2.75) is 70.4 Å². The van der Waals surface area contributed by atoms with Crippen molar-refractivity contribution in [2.24, 2.45) is 5.92 Å². The zero-order valence-electron chi connectivity index (χ0n) is 12.6. The lowest BCUT2D eigenvalue weighted by molar-refractivity contribution is 0.122.